The molecule has 24 nitrogen and oxygen atoms in total. The highest BCUT2D eigenvalue weighted by atomic mass is 32.1. The van der Waals surface area contributed by atoms with E-state index in [4.69, 9.17) is 47.2 Å². The number of carbonyl (C=O) groups is 5. The topological polar surface area (TPSA) is 380 Å². The fourth-order valence-corrected chi connectivity index (χ4v) is 17.7. The zero-order chi connectivity index (χ0) is 67.3. The number of carboxylic acids is 2. The summed E-state index contributed by atoms with van der Waals surface area (Å²) in [5.41, 5.74) is 31.5. The van der Waals surface area contributed by atoms with Crippen LogP contribution in [0, 0.1) is 35.0 Å². The number of anilines is 2. The summed E-state index contributed by atoms with van der Waals surface area (Å²) in [5, 5.41) is 60.9. The van der Waals surface area contributed by atoms with E-state index in [-0.39, 0.29) is 91.3 Å². The SMILES string of the molecule is Cc1c(-c2ccc(N3CCc4cccc(C(=O)Nc5nc6ccccc6s5)c4C3)nc2C(=O)O)cnn1CC12CC3(C)CC(C)(C1)CC(OCCN(CCC(N)=O)C(=O)OCc1ccc(C(N)[C@H](C)C(N)[C@@H](N)C(C)C)cc1CCC1O[C@H](C(=O)O)[C@@H](O)[C@H](O)[C@H]1O)(C3)C2. The number of para-hydroxylation sites is 1. The maximum atomic E-state index is 14.3. The van der Waals surface area contributed by atoms with Gasteiger partial charge in [0.25, 0.3) is 5.91 Å². The molecule has 5 unspecified atom stereocenters. The zero-order valence-corrected chi connectivity index (χ0v) is 55.0. The third-order valence-corrected chi connectivity index (χ3v) is 21.6. The van der Waals surface area contributed by atoms with E-state index in [2.05, 4.69) is 24.1 Å². The highest BCUT2D eigenvalue weighted by Gasteiger charge is 2.66. The number of amides is 3. The number of rotatable bonds is 25. The van der Waals surface area contributed by atoms with E-state index in [1.54, 1.807) is 24.4 Å². The Morgan fingerprint density at radius 3 is 2.29 bits per heavy atom. The number of benzene rings is 3. The monoisotopic (exact) mass is 1310 g/mol. The van der Waals surface area contributed by atoms with E-state index in [9.17, 15) is 49.5 Å². The van der Waals surface area contributed by atoms with E-state index >= 15 is 0 Å². The van der Waals surface area contributed by atoms with Gasteiger partial charge in [0.1, 0.15) is 30.7 Å². The molecule has 5 fully saturated rings. The number of hydrogen-bond acceptors (Lipinski definition) is 19. The second kappa shape index (κ2) is 27.0. The number of carbonyl (C=O) groups excluding carboxylic acids is 3. The number of aliphatic carboxylic acids is 1. The second-order valence-electron chi connectivity index (χ2n) is 28.5. The number of nitrogens with zero attached hydrogens (tertiary/aromatic N) is 6. The average molecular weight is 1310 g/mol. The minimum Gasteiger partial charge on any atom is -0.479 e. The summed E-state index contributed by atoms with van der Waals surface area (Å²) in [7, 11) is 0. The molecule has 0 spiro atoms. The summed E-state index contributed by atoms with van der Waals surface area (Å²) in [5.74, 6) is -3.26. The van der Waals surface area contributed by atoms with Crippen molar-refractivity contribution in [3.63, 3.8) is 0 Å². The molecule has 4 bridgehead atoms. The van der Waals surface area contributed by atoms with Crippen molar-refractivity contribution in [1.82, 2.24) is 24.6 Å². The fourth-order valence-electron chi connectivity index (χ4n) is 16.8. The van der Waals surface area contributed by atoms with E-state index in [1.165, 1.54) is 16.2 Å². The summed E-state index contributed by atoms with van der Waals surface area (Å²) >= 11 is 1.41. The molecule has 6 aliphatic rings. The van der Waals surface area contributed by atoms with Crippen molar-refractivity contribution in [1.29, 1.82) is 0 Å². The van der Waals surface area contributed by atoms with Crippen molar-refractivity contribution in [2.45, 2.75) is 180 Å². The number of thiazole rings is 1. The minimum atomic E-state index is -1.85. The van der Waals surface area contributed by atoms with Crippen LogP contribution in [0.2, 0.25) is 0 Å². The van der Waals surface area contributed by atoms with Gasteiger partial charge in [-0.3, -0.25) is 19.6 Å². The van der Waals surface area contributed by atoms with Gasteiger partial charge >= 0.3 is 18.0 Å². The third kappa shape index (κ3) is 14.1. The van der Waals surface area contributed by atoms with Crippen LogP contribution < -0.4 is 33.2 Å². The Labute approximate surface area is 550 Å². The molecule has 504 valence electrons. The molecule has 25 heteroatoms. The predicted molar refractivity (Wildman–Crippen MR) is 352 cm³/mol. The number of aliphatic hydroxyl groups excluding tert-OH is 3. The Kier molecular flexibility index (Phi) is 19.5. The van der Waals surface area contributed by atoms with Gasteiger partial charge in [-0.25, -0.2) is 24.4 Å². The van der Waals surface area contributed by atoms with Gasteiger partial charge in [0.05, 0.1) is 34.7 Å². The quantitative estimate of drug-likeness (QED) is 0.0280. The number of ether oxygens (including phenoxy) is 3. The van der Waals surface area contributed by atoms with Crippen molar-refractivity contribution in [2.24, 2.45) is 51.0 Å². The maximum Gasteiger partial charge on any atom is 0.410 e. The second-order valence-corrected chi connectivity index (χ2v) is 29.5. The lowest BCUT2D eigenvalue weighted by Crippen LogP contribution is -2.64. The molecule has 3 aromatic heterocycles. The van der Waals surface area contributed by atoms with Crippen LogP contribution in [0.3, 0.4) is 0 Å². The molecule has 0 radical (unpaired) electrons. The summed E-state index contributed by atoms with van der Waals surface area (Å²) in [6.45, 7) is 13.9. The highest BCUT2D eigenvalue weighted by molar-refractivity contribution is 7.22. The van der Waals surface area contributed by atoms with Crippen LogP contribution in [-0.4, -0.2) is 154 Å². The van der Waals surface area contributed by atoms with Crippen LogP contribution in [-0.2, 0) is 56.3 Å². The first-order valence-corrected chi connectivity index (χ1v) is 33.3. The van der Waals surface area contributed by atoms with Crippen molar-refractivity contribution in [2.75, 3.05) is 36.5 Å². The van der Waals surface area contributed by atoms with Gasteiger partial charge < -0.3 is 72.5 Å². The lowest BCUT2D eigenvalue weighted by molar-refractivity contribution is -0.248. The summed E-state index contributed by atoms with van der Waals surface area (Å²) in [6, 6.07) is 21.1. The number of carboxylic acid groups (broad SMARTS) is 2. The highest BCUT2D eigenvalue weighted by Crippen LogP contribution is 2.72. The molecule has 94 heavy (non-hydrogen) atoms. The van der Waals surface area contributed by atoms with Gasteiger partial charge in [0, 0.05) is 79.7 Å². The predicted octanol–water partition coefficient (Wildman–Crippen LogP) is 6.84. The van der Waals surface area contributed by atoms with Gasteiger partial charge in [-0.1, -0.05) is 88.4 Å². The van der Waals surface area contributed by atoms with Crippen LogP contribution in [0.15, 0.2) is 79.0 Å². The number of primary amides is 1. The van der Waals surface area contributed by atoms with Gasteiger partial charge in [-0.05, 0) is 151 Å². The van der Waals surface area contributed by atoms with E-state index in [0.717, 1.165) is 65.6 Å². The Bertz CT molecular complexity index is 3790. The number of nitrogens with two attached hydrogens (primary N) is 4. The van der Waals surface area contributed by atoms with Crippen molar-refractivity contribution in [3.05, 3.63) is 124 Å². The molecular formula is C69H89N11O13S. The molecule has 4 saturated carbocycles. The number of aromatic nitrogens is 4. The smallest absolute Gasteiger partial charge is 0.410 e. The Morgan fingerprint density at radius 1 is 0.840 bits per heavy atom. The number of aryl methyl sites for hydroxylation is 1. The first-order chi connectivity index (χ1) is 44.6. The van der Waals surface area contributed by atoms with Crippen molar-refractivity contribution in [3.8, 4) is 11.1 Å². The third-order valence-electron chi connectivity index (χ3n) is 20.6. The molecule has 2 aliphatic heterocycles. The standard InChI is InChI=1S/C69H89N11O13S/c1-37(2)53(71)55(73)38(3)54(72)42-14-15-43(41(26-42)16-18-49-57(82)58(83)59(84)60(93-49)63(88)89)29-91-65(90)78(23-21-51(70)81)24-25-92-69-33-66(5)30-67(6,34-69)32-68(31-66,35-69)36-80-39(4)46(27-74-80)44-17-19-52(76-56(44)62(86)87)79-22-20-40-10-9-11-45(47(40)28-79)61(85)77-64-75-48-12-7-8-13-50(48)94-64/h7-15,17,19,26-27,37-38,49,53-55,57-60,82-84H,16,18,20-25,28-36,71-73H2,1-6H3,(H2,70,81)(H,86,87)(H,88,89)(H,75,77,85)/t38-,49?,53-,54?,55?,57-,58+,59-,60-,66?,67?,68?,69?/m0/s1. The number of aromatic carboxylic acids is 1. The van der Waals surface area contributed by atoms with Crippen molar-refractivity contribution >= 4 is 62.3 Å². The normalized spacial score (nSPS) is 26.8. The lowest BCUT2D eigenvalue weighted by atomic mass is 9.39. The largest absolute Gasteiger partial charge is 0.479 e. The molecule has 3 amide bonds. The first kappa shape index (κ1) is 67.9. The van der Waals surface area contributed by atoms with Gasteiger partial charge in [0.15, 0.2) is 16.9 Å². The molecule has 5 heterocycles. The number of hydrogen-bond donors (Lipinski definition) is 10. The average Bonchev–Trinajstić information content (AvgIpc) is 0.696. The number of aliphatic hydroxyl groups is 3. The Morgan fingerprint density at radius 2 is 1.59 bits per heavy atom. The molecular weight excluding hydrogens is 1220 g/mol. The van der Waals surface area contributed by atoms with Gasteiger partial charge in [0.2, 0.25) is 5.91 Å². The van der Waals surface area contributed by atoms with Crippen LogP contribution in [0.5, 0.6) is 0 Å². The van der Waals surface area contributed by atoms with Gasteiger partial charge in [-0.2, -0.15) is 5.10 Å². The van der Waals surface area contributed by atoms with Crippen molar-refractivity contribution < 1.29 is 63.7 Å². The Balaban J connectivity index is 0.771. The molecule has 1 saturated heterocycles. The van der Waals surface area contributed by atoms with E-state index in [0.29, 0.717) is 70.4 Å². The number of fused-ring (bicyclic) bond motifs is 2. The van der Waals surface area contributed by atoms with E-state index in [1.807, 2.05) is 91.9 Å². The molecule has 6 aromatic rings. The summed E-state index contributed by atoms with van der Waals surface area (Å²) < 4.78 is 21.7. The lowest BCUT2D eigenvalue weighted by Gasteiger charge is -2.69. The van der Waals surface area contributed by atoms with Crippen LogP contribution >= 0.6 is 11.3 Å². The van der Waals surface area contributed by atoms with Crippen LogP contribution in [0.4, 0.5) is 15.7 Å². The molecule has 3 aromatic carbocycles. The zero-order valence-electron chi connectivity index (χ0n) is 54.2. The van der Waals surface area contributed by atoms with Crippen LogP contribution in [0.25, 0.3) is 21.3 Å². The summed E-state index contributed by atoms with van der Waals surface area (Å²) in [4.78, 5) is 78.4. The van der Waals surface area contributed by atoms with E-state index < -0.39 is 72.1 Å². The molecule has 12 rings (SSSR count). The molecule has 4 aliphatic carbocycles. The molecule has 11 atom stereocenters. The van der Waals surface area contributed by atoms with Gasteiger partial charge in [-0.15, -0.1) is 0 Å². The summed E-state index contributed by atoms with van der Waals surface area (Å²) in [6.07, 6.45) is -1.33. The van der Waals surface area contributed by atoms with Crippen LogP contribution in [0.1, 0.15) is 146 Å². The molecule has 14 N–H and O–H groups in total. The Hall–Kier alpha value is -7.46. The maximum absolute atomic E-state index is 14.3. The number of pyridine rings is 1. The number of nitrogens with one attached hydrogen (secondary N) is 1. The first-order valence-electron chi connectivity index (χ1n) is 32.5. The fraction of sp³-hybridized carbons (Fsp3) is 0.536. The minimum absolute atomic E-state index is 0.00430.